The molecular formula is C17H26F3NO. The third kappa shape index (κ3) is 5.52. The van der Waals surface area contributed by atoms with Gasteiger partial charge in [0.1, 0.15) is 5.75 Å². The van der Waals surface area contributed by atoms with Gasteiger partial charge in [-0.1, -0.05) is 13.8 Å². The zero-order valence-electron chi connectivity index (χ0n) is 13.5. The van der Waals surface area contributed by atoms with Crippen LogP contribution in [0, 0.1) is 0 Å². The maximum atomic E-state index is 13.0. The number of hydrogen-bond acceptors (Lipinski definition) is 2. The van der Waals surface area contributed by atoms with Crippen molar-refractivity contribution in [1.29, 1.82) is 0 Å². The van der Waals surface area contributed by atoms with E-state index in [1.54, 1.807) is 0 Å². The highest BCUT2D eigenvalue weighted by molar-refractivity contribution is 5.41. The van der Waals surface area contributed by atoms with Gasteiger partial charge in [0.2, 0.25) is 0 Å². The third-order valence-electron chi connectivity index (χ3n) is 3.70. The molecule has 2 unspecified atom stereocenters. The predicted molar refractivity (Wildman–Crippen MR) is 83.1 cm³/mol. The lowest BCUT2D eigenvalue weighted by Gasteiger charge is -2.21. The maximum Gasteiger partial charge on any atom is 0.416 e. The molecule has 22 heavy (non-hydrogen) atoms. The van der Waals surface area contributed by atoms with E-state index in [0.29, 0.717) is 17.9 Å². The van der Waals surface area contributed by atoms with Crippen molar-refractivity contribution in [1.82, 2.24) is 0 Å². The van der Waals surface area contributed by atoms with Gasteiger partial charge in [0, 0.05) is 6.04 Å². The fraction of sp³-hybridized carbons (Fsp3) is 0.647. The number of nitrogens with two attached hydrogens (primary N) is 1. The molecule has 0 aromatic heterocycles. The van der Waals surface area contributed by atoms with Crippen molar-refractivity contribution in [3.8, 4) is 5.75 Å². The molecule has 2 atom stereocenters. The predicted octanol–water partition coefficient (Wildman–Crippen LogP) is 5.12. The Labute approximate surface area is 130 Å². The summed E-state index contributed by atoms with van der Waals surface area (Å²) in [6, 6.07) is 3.81. The van der Waals surface area contributed by atoms with Crippen LogP contribution < -0.4 is 10.5 Å². The van der Waals surface area contributed by atoms with Gasteiger partial charge in [-0.05, 0) is 62.3 Å². The standard InChI is InChI=1S/C17H26F3NO/c1-4-10-22-16-9-8-14(17(18,19)20)11-15(16)13(5-2)7-6-12(3)21/h8-9,11-13H,4-7,10,21H2,1-3H3. The second-order valence-electron chi connectivity index (χ2n) is 5.76. The zero-order chi connectivity index (χ0) is 16.8. The van der Waals surface area contributed by atoms with E-state index < -0.39 is 11.7 Å². The van der Waals surface area contributed by atoms with Crippen LogP contribution in [0.2, 0.25) is 0 Å². The van der Waals surface area contributed by atoms with Gasteiger partial charge in [-0.2, -0.15) is 13.2 Å². The lowest BCUT2D eigenvalue weighted by atomic mass is 9.89. The molecule has 126 valence electrons. The topological polar surface area (TPSA) is 35.2 Å². The first-order valence-corrected chi connectivity index (χ1v) is 7.89. The molecule has 0 heterocycles. The molecule has 0 bridgehead atoms. The normalized spacial score (nSPS) is 14.7. The van der Waals surface area contributed by atoms with Crippen LogP contribution >= 0.6 is 0 Å². The fourth-order valence-corrected chi connectivity index (χ4v) is 2.43. The van der Waals surface area contributed by atoms with E-state index in [-0.39, 0.29) is 12.0 Å². The Balaban J connectivity index is 3.12. The number of rotatable bonds is 8. The van der Waals surface area contributed by atoms with Crippen molar-refractivity contribution in [2.75, 3.05) is 6.61 Å². The summed E-state index contributed by atoms with van der Waals surface area (Å²) < 4.78 is 44.6. The molecule has 1 rings (SSSR count). The van der Waals surface area contributed by atoms with Crippen molar-refractivity contribution in [3.63, 3.8) is 0 Å². The highest BCUT2D eigenvalue weighted by Gasteiger charge is 2.32. The molecule has 1 aromatic rings. The Morgan fingerprint density at radius 2 is 1.86 bits per heavy atom. The SMILES string of the molecule is CCCOc1ccc(C(F)(F)F)cc1C(CC)CCC(C)N. The van der Waals surface area contributed by atoms with E-state index in [2.05, 4.69) is 0 Å². The minimum atomic E-state index is -4.34. The van der Waals surface area contributed by atoms with Crippen molar-refractivity contribution in [2.24, 2.45) is 5.73 Å². The van der Waals surface area contributed by atoms with Crippen LogP contribution in [-0.4, -0.2) is 12.6 Å². The van der Waals surface area contributed by atoms with Gasteiger partial charge in [-0.3, -0.25) is 0 Å². The molecule has 0 aliphatic heterocycles. The van der Waals surface area contributed by atoms with Crippen LogP contribution in [0.15, 0.2) is 18.2 Å². The molecule has 0 aliphatic rings. The molecule has 0 fully saturated rings. The highest BCUT2D eigenvalue weighted by Crippen LogP contribution is 2.38. The second-order valence-corrected chi connectivity index (χ2v) is 5.76. The van der Waals surface area contributed by atoms with Crippen LogP contribution in [0.3, 0.4) is 0 Å². The summed E-state index contributed by atoms with van der Waals surface area (Å²) in [4.78, 5) is 0. The fourth-order valence-electron chi connectivity index (χ4n) is 2.43. The number of hydrogen-bond donors (Lipinski definition) is 1. The molecule has 5 heteroatoms. The summed E-state index contributed by atoms with van der Waals surface area (Å²) in [7, 11) is 0. The van der Waals surface area contributed by atoms with Gasteiger partial charge in [0.15, 0.2) is 0 Å². The third-order valence-corrected chi connectivity index (χ3v) is 3.70. The summed E-state index contributed by atoms with van der Waals surface area (Å²) in [6.45, 7) is 6.36. The molecule has 1 aromatic carbocycles. The van der Waals surface area contributed by atoms with Gasteiger partial charge < -0.3 is 10.5 Å². The Morgan fingerprint density at radius 3 is 2.36 bits per heavy atom. The first kappa shape index (κ1) is 18.8. The average Bonchev–Trinajstić information content (AvgIpc) is 2.45. The molecule has 0 spiro atoms. The van der Waals surface area contributed by atoms with Gasteiger partial charge >= 0.3 is 6.18 Å². The summed E-state index contributed by atoms with van der Waals surface area (Å²) >= 11 is 0. The summed E-state index contributed by atoms with van der Waals surface area (Å²) in [5.41, 5.74) is 5.80. The summed E-state index contributed by atoms with van der Waals surface area (Å²) in [5, 5.41) is 0. The van der Waals surface area contributed by atoms with E-state index in [9.17, 15) is 13.2 Å². The molecule has 2 N–H and O–H groups in total. The molecular weight excluding hydrogens is 291 g/mol. The van der Waals surface area contributed by atoms with Crippen molar-refractivity contribution in [2.45, 2.75) is 64.6 Å². The summed E-state index contributed by atoms with van der Waals surface area (Å²) in [5.74, 6) is 0.589. The number of alkyl halides is 3. The molecule has 0 saturated heterocycles. The number of ether oxygens (including phenoxy) is 1. The van der Waals surface area contributed by atoms with E-state index in [1.165, 1.54) is 12.1 Å². The molecule has 0 aliphatic carbocycles. The monoisotopic (exact) mass is 317 g/mol. The quantitative estimate of drug-likeness (QED) is 0.722. The molecule has 0 saturated carbocycles. The molecule has 2 nitrogen and oxygen atoms in total. The molecule has 0 radical (unpaired) electrons. The van der Waals surface area contributed by atoms with Crippen molar-refractivity contribution >= 4 is 0 Å². The second kappa shape index (κ2) is 8.42. The maximum absolute atomic E-state index is 13.0. The van der Waals surface area contributed by atoms with Crippen LogP contribution in [0.5, 0.6) is 5.75 Å². The lowest BCUT2D eigenvalue weighted by molar-refractivity contribution is -0.137. The molecule has 0 amide bonds. The Bertz CT molecular complexity index is 458. The van der Waals surface area contributed by atoms with Crippen molar-refractivity contribution < 1.29 is 17.9 Å². The Hall–Kier alpha value is -1.23. The van der Waals surface area contributed by atoms with Gasteiger partial charge in [0.25, 0.3) is 0 Å². The van der Waals surface area contributed by atoms with E-state index in [4.69, 9.17) is 10.5 Å². The number of benzene rings is 1. The number of halogens is 3. The van der Waals surface area contributed by atoms with E-state index in [1.807, 2.05) is 20.8 Å². The van der Waals surface area contributed by atoms with E-state index in [0.717, 1.165) is 31.7 Å². The van der Waals surface area contributed by atoms with Crippen LogP contribution in [0.1, 0.15) is 63.5 Å². The van der Waals surface area contributed by atoms with Crippen LogP contribution in [0.4, 0.5) is 13.2 Å². The minimum absolute atomic E-state index is 0.0279. The zero-order valence-corrected chi connectivity index (χ0v) is 13.5. The largest absolute Gasteiger partial charge is 0.493 e. The average molecular weight is 317 g/mol. The van der Waals surface area contributed by atoms with Crippen LogP contribution in [-0.2, 0) is 6.18 Å². The Kier molecular flexibility index (Phi) is 7.20. The van der Waals surface area contributed by atoms with Gasteiger partial charge in [-0.15, -0.1) is 0 Å². The first-order chi connectivity index (χ1) is 10.3. The van der Waals surface area contributed by atoms with E-state index >= 15 is 0 Å². The van der Waals surface area contributed by atoms with Crippen LogP contribution in [0.25, 0.3) is 0 Å². The smallest absolute Gasteiger partial charge is 0.416 e. The van der Waals surface area contributed by atoms with Crippen molar-refractivity contribution in [3.05, 3.63) is 29.3 Å². The first-order valence-electron chi connectivity index (χ1n) is 7.89. The van der Waals surface area contributed by atoms with Gasteiger partial charge in [-0.25, -0.2) is 0 Å². The summed E-state index contributed by atoms with van der Waals surface area (Å²) in [6.07, 6.45) is -1.22. The lowest BCUT2D eigenvalue weighted by Crippen LogP contribution is -2.16. The Morgan fingerprint density at radius 1 is 1.18 bits per heavy atom. The highest BCUT2D eigenvalue weighted by atomic mass is 19.4. The minimum Gasteiger partial charge on any atom is -0.493 e. The van der Waals surface area contributed by atoms with Gasteiger partial charge in [0.05, 0.1) is 12.2 Å².